The Balaban J connectivity index is 1.89. The van der Waals surface area contributed by atoms with E-state index < -0.39 is 0 Å². The predicted molar refractivity (Wildman–Crippen MR) is 59.7 cm³/mol. The Kier molecular flexibility index (Phi) is 3.36. The maximum absolute atomic E-state index is 4.52. The Morgan fingerprint density at radius 3 is 3.00 bits per heavy atom. The molecular weight excluding hydrogens is 188 g/mol. The van der Waals surface area contributed by atoms with Gasteiger partial charge in [0.25, 0.3) is 0 Å². The zero-order chi connectivity index (χ0) is 10.7. The minimum atomic E-state index is 0.840. The standard InChI is InChI=1S/C11H20N4/c1-3-10-13-11(15(2)14-10)5-4-9-6-7-12-8-9/h9,12H,3-8H2,1-2H3. The van der Waals surface area contributed by atoms with Crippen molar-refractivity contribution in [3.63, 3.8) is 0 Å². The van der Waals surface area contributed by atoms with Gasteiger partial charge in [0.1, 0.15) is 5.82 Å². The molecule has 1 fully saturated rings. The molecule has 1 aliphatic rings. The summed E-state index contributed by atoms with van der Waals surface area (Å²) in [6.45, 7) is 4.46. The Bertz CT molecular complexity index is 312. The molecular formula is C11H20N4. The Labute approximate surface area is 91.1 Å². The molecule has 1 atom stereocenters. The van der Waals surface area contributed by atoms with Crippen LogP contribution >= 0.6 is 0 Å². The molecule has 0 amide bonds. The lowest BCUT2D eigenvalue weighted by atomic mass is 10.0. The zero-order valence-electron chi connectivity index (χ0n) is 9.66. The Hall–Kier alpha value is -0.900. The van der Waals surface area contributed by atoms with Crippen molar-refractivity contribution in [3.8, 4) is 0 Å². The molecule has 4 heteroatoms. The summed E-state index contributed by atoms with van der Waals surface area (Å²) < 4.78 is 1.93. The summed E-state index contributed by atoms with van der Waals surface area (Å²) >= 11 is 0. The zero-order valence-corrected chi connectivity index (χ0v) is 9.66. The van der Waals surface area contributed by atoms with Gasteiger partial charge in [-0.05, 0) is 31.8 Å². The molecule has 2 heterocycles. The number of rotatable bonds is 4. The van der Waals surface area contributed by atoms with Crippen molar-refractivity contribution in [1.29, 1.82) is 0 Å². The van der Waals surface area contributed by atoms with Crippen LogP contribution in [0, 0.1) is 5.92 Å². The van der Waals surface area contributed by atoms with Gasteiger partial charge in [0.2, 0.25) is 0 Å². The lowest BCUT2D eigenvalue weighted by Gasteiger charge is -2.06. The molecule has 1 saturated heterocycles. The van der Waals surface area contributed by atoms with E-state index in [4.69, 9.17) is 0 Å². The first-order chi connectivity index (χ1) is 7.29. The van der Waals surface area contributed by atoms with Crippen molar-refractivity contribution >= 4 is 0 Å². The van der Waals surface area contributed by atoms with E-state index in [1.807, 2.05) is 11.7 Å². The van der Waals surface area contributed by atoms with Crippen LogP contribution in [0.25, 0.3) is 0 Å². The molecule has 1 aliphatic heterocycles. The highest BCUT2D eigenvalue weighted by atomic mass is 15.3. The maximum Gasteiger partial charge on any atom is 0.150 e. The first-order valence-corrected chi connectivity index (χ1v) is 5.89. The third kappa shape index (κ3) is 2.56. The van der Waals surface area contributed by atoms with E-state index in [-0.39, 0.29) is 0 Å². The monoisotopic (exact) mass is 208 g/mol. The number of hydrogen-bond donors (Lipinski definition) is 1. The molecule has 1 aromatic heterocycles. The molecule has 84 valence electrons. The average Bonchev–Trinajstić information content (AvgIpc) is 2.84. The lowest BCUT2D eigenvalue weighted by molar-refractivity contribution is 0.515. The van der Waals surface area contributed by atoms with Gasteiger partial charge in [-0.15, -0.1) is 0 Å². The number of aryl methyl sites for hydroxylation is 3. The Morgan fingerprint density at radius 1 is 1.53 bits per heavy atom. The Morgan fingerprint density at radius 2 is 2.40 bits per heavy atom. The van der Waals surface area contributed by atoms with Crippen molar-refractivity contribution in [2.75, 3.05) is 13.1 Å². The van der Waals surface area contributed by atoms with Gasteiger partial charge in [-0.1, -0.05) is 6.92 Å². The molecule has 0 spiro atoms. The molecule has 0 aliphatic carbocycles. The fourth-order valence-corrected chi connectivity index (χ4v) is 2.14. The maximum atomic E-state index is 4.52. The molecule has 4 nitrogen and oxygen atoms in total. The van der Waals surface area contributed by atoms with Crippen molar-refractivity contribution in [3.05, 3.63) is 11.6 Å². The fourth-order valence-electron chi connectivity index (χ4n) is 2.14. The molecule has 1 N–H and O–H groups in total. The van der Waals surface area contributed by atoms with Crippen LogP contribution < -0.4 is 5.32 Å². The van der Waals surface area contributed by atoms with Gasteiger partial charge >= 0.3 is 0 Å². The molecule has 0 bridgehead atoms. The highest BCUT2D eigenvalue weighted by Crippen LogP contribution is 2.14. The van der Waals surface area contributed by atoms with Crippen molar-refractivity contribution in [1.82, 2.24) is 20.1 Å². The van der Waals surface area contributed by atoms with Crippen LogP contribution in [0.15, 0.2) is 0 Å². The molecule has 15 heavy (non-hydrogen) atoms. The lowest BCUT2D eigenvalue weighted by Crippen LogP contribution is -2.10. The van der Waals surface area contributed by atoms with E-state index in [2.05, 4.69) is 22.3 Å². The van der Waals surface area contributed by atoms with Crippen LogP contribution in [0.2, 0.25) is 0 Å². The summed E-state index contributed by atoms with van der Waals surface area (Å²) in [4.78, 5) is 4.52. The van der Waals surface area contributed by atoms with Crippen molar-refractivity contribution < 1.29 is 0 Å². The first-order valence-electron chi connectivity index (χ1n) is 5.89. The van der Waals surface area contributed by atoms with E-state index in [1.165, 1.54) is 25.9 Å². The van der Waals surface area contributed by atoms with Crippen LogP contribution in [-0.4, -0.2) is 27.9 Å². The SMILES string of the molecule is CCc1nc(CCC2CCNC2)n(C)n1. The summed E-state index contributed by atoms with van der Waals surface area (Å²) in [5, 5.41) is 7.76. The number of nitrogens with zero attached hydrogens (tertiary/aromatic N) is 3. The van der Waals surface area contributed by atoms with Crippen LogP contribution in [-0.2, 0) is 19.9 Å². The van der Waals surface area contributed by atoms with Crippen LogP contribution in [0.5, 0.6) is 0 Å². The largest absolute Gasteiger partial charge is 0.316 e. The van der Waals surface area contributed by atoms with Gasteiger partial charge in [0.15, 0.2) is 5.82 Å². The van der Waals surface area contributed by atoms with Gasteiger partial charge in [-0.2, -0.15) is 5.10 Å². The van der Waals surface area contributed by atoms with Gasteiger partial charge < -0.3 is 5.32 Å². The molecule has 1 aromatic rings. The molecule has 2 rings (SSSR count). The second kappa shape index (κ2) is 4.75. The van der Waals surface area contributed by atoms with Crippen molar-refractivity contribution in [2.45, 2.75) is 32.6 Å². The highest BCUT2D eigenvalue weighted by Gasteiger charge is 2.15. The van der Waals surface area contributed by atoms with Crippen molar-refractivity contribution in [2.24, 2.45) is 13.0 Å². The second-order valence-electron chi connectivity index (χ2n) is 4.32. The minimum absolute atomic E-state index is 0.840. The minimum Gasteiger partial charge on any atom is -0.316 e. The number of aromatic nitrogens is 3. The highest BCUT2D eigenvalue weighted by molar-refractivity contribution is 4.93. The van der Waals surface area contributed by atoms with E-state index in [0.717, 1.165) is 30.4 Å². The van der Waals surface area contributed by atoms with E-state index in [1.54, 1.807) is 0 Å². The average molecular weight is 208 g/mol. The summed E-state index contributed by atoms with van der Waals surface area (Å²) in [6, 6.07) is 0. The van der Waals surface area contributed by atoms with Crippen LogP contribution in [0.1, 0.15) is 31.4 Å². The van der Waals surface area contributed by atoms with Crippen LogP contribution in [0.4, 0.5) is 0 Å². The topological polar surface area (TPSA) is 42.7 Å². The number of nitrogens with one attached hydrogen (secondary N) is 1. The molecule has 1 unspecified atom stereocenters. The normalized spacial score (nSPS) is 21.1. The summed E-state index contributed by atoms with van der Waals surface area (Å²) in [6.07, 6.45) is 4.55. The summed E-state index contributed by atoms with van der Waals surface area (Å²) in [5.74, 6) is 2.95. The quantitative estimate of drug-likeness (QED) is 0.800. The first kappa shape index (κ1) is 10.6. The van der Waals surface area contributed by atoms with E-state index in [9.17, 15) is 0 Å². The predicted octanol–water partition coefficient (Wildman–Crippen LogP) is 0.920. The van der Waals surface area contributed by atoms with E-state index in [0.29, 0.717) is 0 Å². The molecule has 0 aromatic carbocycles. The van der Waals surface area contributed by atoms with Gasteiger partial charge in [0.05, 0.1) is 0 Å². The third-order valence-electron chi connectivity index (χ3n) is 3.15. The summed E-state index contributed by atoms with van der Waals surface area (Å²) in [5.41, 5.74) is 0. The third-order valence-corrected chi connectivity index (χ3v) is 3.15. The van der Waals surface area contributed by atoms with E-state index >= 15 is 0 Å². The fraction of sp³-hybridized carbons (Fsp3) is 0.818. The van der Waals surface area contributed by atoms with Gasteiger partial charge in [-0.3, -0.25) is 4.68 Å². The smallest absolute Gasteiger partial charge is 0.150 e. The molecule has 0 radical (unpaired) electrons. The second-order valence-corrected chi connectivity index (χ2v) is 4.32. The van der Waals surface area contributed by atoms with Gasteiger partial charge in [-0.25, -0.2) is 4.98 Å². The number of hydrogen-bond acceptors (Lipinski definition) is 3. The van der Waals surface area contributed by atoms with Crippen LogP contribution in [0.3, 0.4) is 0 Å². The summed E-state index contributed by atoms with van der Waals surface area (Å²) in [7, 11) is 1.99. The van der Waals surface area contributed by atoms with Gasteiger partial charge in [0, 0.05) is 19.9 Å². The molecule has 0 saturated carbocycles.